The minimum atomic E-state index is -4.04. The van der Waals surface area contributed by atoms with Crippen molar-refractivity contribution in [2.24, 2.45) is 0 Å². The Morgan fingerprint density at radius 3 is 2.52 bits per heavy atom. The van der Waals surface area contributed by atoms with E-state index in [0.29, 0.717) is 11.5 Å². The van der Waals surface area contributed by atoms with Crippen molar-refractivity contribution >= 4 is 15.7 Å². The summed E-state index contributed by atoms with van der Waals surface area (Å²) in [5.41, 5.74) is -0.458. The number of ether oxygens (including phenoxy) is 2. The van der Waals surface area contributed by atoms with Crippen molar-refractivity contribution in [3.8, 4) is 11.5 Å². The number of hydrogen-bond acceptors (Lipinski definition) is 6. The first kappa shape index (κ1) is 17.2. The third kappa shape index (κ3) is 3.42. The molecule has 0 saturated heterocycles. The molecular weight excluding hydrogens is 348 g/mol. The number of sulfonamides is 1. The highest BCUT2D eigenvalue weighted by atomic mass is 32.2. The van der Waals surface area contributed by atoms with Crippen LogP contribution < -0.4 is 9.47 Å². The maximum atomic E-state index is 12.7. The standard InChI is InChI=1S/C16H16N2O6S/c1-17(10-12-11-23-14-7-3-4-8-15(14)24-12)25(21,22)16-9-5-2-6-13(16)18(19)20/h2-9,12H,10-11H2,1H3/t12-/m1/s1. The van der Waals surface area contributed by atoms with Gasteiger partial charge in [0.25, 0.3) is 5.69 Å². The predicted molar refractivity (Wildman–Crippen MR) is 89.3 cm³/mol. The average Bonchev–Trinajstić information content (AvgIpc) is 2.61. The van der Waals surface area contributed by atoms with Crippen LogP contribution in [-0.2, 0) is 10.0 Å². The SMILES string of the molecule is CN(C[C@@H]1COc2ccccc2O1)S(=O)(=O)c1ccccc1[N+](=O)[O-]. The van der Waals surface area contributed by atoms with Gasteiger partial charge in [-0.2, -0.15) is 4.31 Å². The molecule has 9 heteroatoms. The second-order valence-corrected chi connectivity index (χ2v) is 7.52. The van der Waals surface area contributed by atoms with Gasteiger partial charge in [-0.3, -0.25) is 10.1 Å². The number of benzene rings is 2. The highest BCUT2D eigenvalue weighted by molar-refractivity contribution is 7.89. The van der Waals surface area contributed by atoms with Crippen LogP contribution in [0.2, 0.25) is 0 Å². The second-order valence-electron chi connectivity index (χ2n) is 5.51. The van der Waals surface area contributed by atoms with Crippen LogP contribution in [0.4, 0.5) is 5.69 Å². The van der Waals surface area contributed by atoms with Crippen molar-refractivity contribution in [3.05, 3.63) is 58.6 Å². The van der Waals surface area contributed by atoms with Crippen LogP contribution in [0.5, 0.6) is 11.5 Å². The molecule has 25 heavy (non-hydrogen) atoms. The zero-order valence-corrected chi connectivity index (χ0v) is 14.2. The fourth-order valence-corrected chi connectivity index (χ4v) is 3.89. The molecule has 2 aromatic carbocycles. The van der Waals surface area contributed by atoms with E-state index < -0.39 is 26.7 Å². The van der Waals surface area contributed by atoms with Crippen LogP contribution in [0.15, 0.2) is 53.4 Å². The van der Waals surface area contributed by atoms with Gasteiger partial charge in [-0.05, 0) is 18.2 Å². The number of rotatable bonds is 5. The van der Waals surface area contributed by atoms with Crippen molar-refractivity contribution in [1.29, 1.82) is 0 Å². The average molecular weight is 364 g/mol. The zero-order chi connectivity index (χ0) is 18.0. The van der Waals surface area contributed by atoms with Gasteiger partial charge in [0, 0.05) is 13.1 Å². The Bertz CT molecular complexity index is 899. The Labute approximate surface area is 144 Å². The summed E-state index contributed by atoms with van der Waals surface area (Å²) in [7, 11) is -2.68. The van der Waals surface area contributed by atoms with E-state index in [0.717, 1.165) is 10.4 Å². The number of hydrogen-bond donors (Lipinski definition) is 0. The Balaban J connectivity index is 1.80. The topological polar surface area (TPSA) is 99.0 Å². The Morgan fingerprint density at radius 2 is 1.80 bits per heavy atom. The Hall–Kier alpha value is -2.65. The summed E-state index contributed by atoms with van der Waals surface area (Å²) in [6.45, 7) is 0.191. The first-order valence-electron chi connectivity index (χ1n) is 7.48. The molecule has 1 atom stereocenters. The van der Waals surface area contributed by atoms with E-state index in [1.807, 2.05) is 6.07 Å². The third-order valence-corrected chi connectivity index (χ3v) is 5.65. The molecule has 0 bridgehead atoms. The predicted octanol–water partition coefficient (Wildman–Crippen LogP) is 2.06. The van der Waals surface area contributed by atoms with E-state index in [2.05, 4.69) is 0 Å². The van der Waals surface area contributed by atoms with Crippen molar-refractivity contribution in [1.82, 2.24) is 4.31 Å². The molecule has 0 fully saturated rings. The van der Waals surface area contributed by atoms with Crippen molar-refractivity contribution in [3.63, 3.8) is 0 Å². The summed E-state index contributed by atoms with van der Waals surface area (Å²) in [6, 6.07) is 12.4. The molecule has 3 rings (SSSR count). The lowest BCUT2D eigenvalue weighted by Crippen LogP contribution is -2.41. The summed E-state index contributed by atoms with van der Waals surface area (Å²) < 4.78 is 37.8. The normalized spacial score (nSPS) is 16.6. The van der Waals surface area contributed by atoms with Crippen LogP contribution in [0.1, 0.15) is 0 Å². The van der Waals surface area contributed by atoms with Gasteiger partial charge in [-0.25, -0.2) is 8.42 Å². The maximum absolute atomic E-state index is 12.7. The monoisotopic (exact) mass is 364 g/mol. The maximum Gasteiger partial charge on any atom is 0.289 e. The molecule has 0 amide bonds. The van der Waals surface area contributed by atoms with Crippen molar-refractivity contribution < 1.29 is 22.8 Å². The molecule has 132 valence electrons. The fraction of sp³-hybridized carbons (Fsp3) is 0.250. The molecule has 0 spiro atoms. The summed E-state index contributed by atoms with van der Waals surface area (Å²) in [5.74, 6) is 1.14. The molecule has 0 saturated carbocycles. The van der Waals surface area contributed by atoms with Gasteiger partial charge in [0.15, 0.2) is 16.4 Å². The molecule has 0 radical (unpaired) electrons. The molecule has 1 aliphatic heterocycles. The fourth-order valence-electron chi connectivity index (χ4n) is 2.53. The number of nitrogens with zero attached hydrogens (tertiary/aromatic N) is 2. The number of nitro benzene ring substituents is 1. The first-order chi connectivity index (χ1) is 11.9. The third-order valence-electron chi connectivity index (χ3n) is 3.78. The van der Waals surface area contributed by atoms with Crippen LogP contribution in [-0.4, -0.2) is 43.9 Å². The molecule has 0 N–H and O–H groups in total. The van der Waals surface area contributed by atoms with Crippen molar-refractivity contribution in [2.75, 3.05) is 20.2 Å². The van der Waals surface area contributed by atoms with Crippen molar-refractivity contribution in [2.45, 2.75) is 11.0 Å². The molecule has 1 aliphatic rings. The van der Waals surface area contributed by atoms with E-state index in [9.17, 15) is 18.5 Å². The van der Waals surface area contributed by atoms with Gasteiger partial charge in [0.05, 0.1) is 11.5 Å². The largest absolute Gasteiger partial charge is 0.486 e. The van der Waals surface area contributed by atoms with E-state index in [-0.39, 0.29) is 18.0 Å². The van der Waals surface area contributed by atoms with Gasteiger partial charge in [-0.15, -0.1) is 0 Å². The number of nitro groups is 1. The van der Waals surface area contributed by atoms with Gasteiger partial charge in [0.2, 0.25) is 10.0 Å². The minimum absolute atomic E-state index is 0.00269. The molecule has 1 heterocycles. The molecule has 0 aromatic heterocycles. The van der Waals surface area contributed by atoms with Gasteiger partial charge in [-0.1, -0.05) is 24.3 Å². The smallest absolute Gasteiger partial charge is 0.289 e. The summed E-state index contributed by atoms with van der Waals surface area (Å²) >= 11 is 0. The van der Waals surface area contributed by atoms with Crippen LogP contribution in [0.3, 0.4) is 0 Å². The Kier molecular flexibility index (Phi) is 4.60. The molecular formula is C16H16N2O6S. The minimum Gasteiger partial charge on any atom is -0.486 e. The molecule has 0 aliphatic carbocycles. The van der Waals surface area contributed by atoms with E-state index in [4.69, 9.17) is 9.47 Å². The first-order valence-corrected chi connectivity index (χ1v) is 8.92. The van der Waals surface area contributed by atoms with E-state index in [1.54, 1.807) is 18.2 Å². The van der Waals surface area contributed by atoms with E-state index in [1.165, 1.54) is 25.2 Å². The summed E-state index contributed by atoms with van der Waals surface area (Å²) in [5, 5.41) is 11.1. The summed E-state index contributed by atoms with van der Waals surface area (Å²) in [6.07, 6.45) is -0.516. The molecule has 2 aromatic rings. The van der Waals surface area contributed by atoms with E-state index >= 15 is 0 Å². The van der Waals surface area contributed by atoms with Gasteiger partial charge in [0.1, 0.15) is 12.7 Å². The highest BCUT2D eigenvalue weighted by Gasteiger charge is 2.32. The lowest BCUT2D eigenvalue weighted by atomic mass is 10.2. The van der Waals surface area contributed by atoms with Crippen LogP contribution >= 0.6 is 0 Å². The zero-order valence-electron chi connectivity index (χ0n) is 13.4. The van der Waals surface area contributed by atoms with Gasteiger partial charge >= 0.3 is 0 Å². The highest BCUT2D eigenvalue weighted by Crippen LogP contribution is 2.32. The lowest BCUT2D eigenvalue weighted by Gasteiger charge is -2.29. The second kappa shape index (κ2) is 6.69. The number of fused-ring (bicyclic) bond motifs is 1. The molecule has 8 nitrogen and oxygen atoms in total. The number of likely N-dealkylation sites (N-methyl/N-ethyl adjacent to an activating group) is 1. The van der Waals surface area contributed by atoms with Gasteiger partial charge < -0.3 is 9.47 Å². The number of para-hydroxylation sites is 3. The molecule has 0 unspecified atom stereocenters. The lowest BCUT2D eigenvalue weighted by molar-refractivity contribution is -0.387. The van der Waals surface area contributed by atoms with Crippen LogP contribution in [0.25, 0.3) is 0 Å². The summed E-state index contributed by atoms with van der Waals surface area (Å²) in [4.78, 5) is 10.0. The van der Waals surface area contributed by atoms with Crippen LogP contribution in [0, 0.1) is 10.1 Å². The Morgan fingerprint density at radius 1 is 1.16 bits per heavy atom. The quantitative estimate of drug-likeness (QED) is 0.595.